The van der Waals surface area contributed by atoms with E-state index in [1.165, 1.54) is 5.56 Å². The lowest BCUT2D eigenvalue weighted by atomic mass is 10.1. The van der Waals surface area contributed by atoms with Gasteiger partial charge in [0.25, 0.3) is 0 Å². The van der Waals surface area contributed by atoms with Gasteiger partial charge in [0.05, 0.1) is 11.9 Å². The van der Waals surface area contributed by atoms with Crippen molar-refractivity contribution in [3.63, 3.8) is 0 Å². The van der Waals surface area contributed by atoms with E-state index >= 15 is 0 Å². The molecule has 5 nitrogen and oxygen atoms in total. The Morgan fingerprint density at radius 1 is 1.22 bits per heavy atom. The monoisotopic (exact) mass is 311 g/mol. The minimum absolute atomic E-state index is 0.0271. The van der Waals surface area contributed by atoms with Crippen LogP contribution in [0.25, 0.3) is 0 Å². The molecule has 1 fully saturated rings. The smallest absolute Gasteiger partial charge is 0.186 e. The number of aromatic nitrogens is 2. The number of benzene rings is 1. The summed E-state index contributed by atoms with van der Waals surface area (Å²) in [5, 5.41) is 4.55. The fourth-order valence-electron chi connectivity index (χ4n) is 3.34. The molecule has 0 N–H and O–H groups in total. The third-order valence-electron chi connectivity index (χ3n) is 4.59. The van der Waals surface area contributed by atoms with Crippen LogP contribution in [0.1, 0.15) is 48.0 Å². The summed E-state index contributed by atoms with van der Waals surface area (Å²) >= 11 is 0. The van der Waals surface area contributed by atoms with Gasteiger partial charge in [-0.3, -0.25) is 4.79 Å². The average molecular weight is 311 g/mol. The SMILES string of the molecule is O=C1CCN(Cc2ccccc2)c2cn(C3CCCCO3)nc21. The molecule has 1 aromatic heterocycles. The number of fused-ring (bicyclic) bond motifs is 1. The second-order valence-electron chi connectivity index (χ2n) is 6.24. The zero-order valence-corrected chi connectivity index (χ0v) is 13.1. The van der Waals surface area contributed by atoms with Gasteiger partial charge in [-0.2, -0.15) is 5.10 Å². The number of ether oxygens (including phenoxy) is 1. The minimum atomic E-state index is -0.0271. The van der Waals surface area contributed by atoms with Crippen LogP contribution in [-0.2, 0) is 11.3 Å². The highest BCUT2D eigenvalue weighted by Crippen LogP contribution is 2.31. The molecule has 0 spiro atoms. The summed E-state index contributed by atoms with van der Waals surface area (Å²) in [5.74, 6) is 0.138. The Balaban J connectivity index is 1.61. The zero-order valence-electron chi connectivity index (χ0n) is 13.1. The molecule has 0 bridgehead atoms. The second-order valence-corrected chi connectivity index (χ2v) is 6.24. The molecule has 3 heterocycles. The highest BCUT2D eigenvalue weighted by atomic mass is 16.5. The van der Waals surface area contributed by atoms with Gasteiger partial charge in [-0.25, -0.2) is 4.68 Å². The fourth-order valence-corrected chi connectivity index (χ4v) is 3.34. The molecule has 2 aromatic rings. The van der Waals surface area contributed by atoms with Gasteiger partial charge in [-0.1, -0.05) is 30.3 Å². The van der Waals surface area contributed by atoms with Crippen molar-refractivity contribution in [3.8, 4) is 0 Å². The third-order valence-corrected chi connectivity index (χ3v) is 4.59. The maximum Gasteiger partial charge on any atom is 0.186 e. The van der Waals surface area contributed by atoms with E-state index in [-0.39, 0.29) is 12.0 Å². The molecule has 5 heteroatoms. The topological polar surface area (TPSA) is 47.4 Å². The van der Waals surface area contributed by atoms with Crippen molar-refractivity contribution in [2.75, 3.05) is 18.1 Å². The number of anilines is 1. The van der Waals surface area contributed by atoms with Crippen LogP contribution >= 0.6 is 0 Å². The molecule has 2 aliphatic heterocycles. The first-order valence-corrected chi connectivity index (χ1v) is 8.34. The fraction of sp³-hybridized carbons (Fsp3) is 0.444. The Morgan fingerprint density at radius 3 is 2.87 bits per heavy atom. The molecule has 120 valence electrons. The summed E-state index contributed by atoms with van der Waals surface area (Å²) in [6.45, 7) is 2.33. The van der Waals surface area contributed by atoms with E-state index in [2.05, 4.69) is 22.1 Å². The van der Waals surface area contributed by atoms with Gasteiger partial charge in [0, 0.05) is 26.1 Å². The van der Waals surface area contributed by atoms with Crippen molar-refractivity contribution in [1.29, 1.82) is 0 Å². The van der Waals surface area contributed by atoms with Crippen LogP contribution in [0.4, 0.5) is 5.69 Å². The van der Waals surface area contributed by atoms with Crippen LogP contribution in [0.3, 0.4) is 0 Å². The maximum atomic E-state index is 12.2. The maximum absolute atomic E-state index is 12.2. The van der Waals surface area contributed by atoms with E-state index in [9.17, 15) is 4.79 Å². The first-order chi connectivity index (χ1) is 11.3. The van der Waals surface area contributed by atoms with Gasteiger partial charge in [-0.15, -0.1) is 0 Å². The number of ketones is 1. The van der Waals surface area contributed by atoms with E-state index in [1.54, 1.807) is 0 Å². The second kappa shape index (κ2) is 6.16. The summed E-state index contributed by atoms with van der Waals surface area (Å²) in [5.41, 5.74) is 2.79. The number of hydrogen-bond donors (Lipinski definition) is 0. The van der Waals surface area contributed by atoms with Crippen LogP contribution in [0, 0.1) is 0 Å². The van der Waals surface area contributed by atoms with E-state index in [4.69, 9.17) is 4.74 Å². The quantitative estimate of drug-likeness (QED) is 0.873. The van der Waals surface area contributed by atoms with E-state index in [0.717, 1.165) is 44.6 Å². The van der Waals surface area contributed by atoms with Crippen LogP contribution in [0.2, 0.25) is 0 Å². The average Bonchev–Trinajstić information content (AvgIpc) is 3.06. The van der Waals surface area contributed by atoms with Crippen molar-refractivity contribution >= 4 is 11.5 Å². The lowest BCUT2D eigenvalue weighted by Gasteiger charge is -2.27. The molecule has 0 amide bonds. The molecule has 0 saturated carbocycles. The molecule has 1 atom stereocenters. The van der Waals surface area contributed by atoms with Crippen molar-refractivity contribution in [2.24, 2.45) is 0 Å². The summed E-state index contributed by atoms with van der Waals surface area (Å²) in [6.07, 6.45) is 5.72. The minimum Gasteiger partial charge on any atom is -0.364 e. The number of hydrogen-bond acceptors (Lipinski definition) is 4. The van der Waals surface area contributed by atoms with Gasteiger partial charge < -0.3 is 9.64 Å². The van der Waals surface area contributed by atoms with Gasteiger partial charge in [-0.05, 0) is 24.8 Å². The molecule has 23 heavy (non-hydrogen) atoms. The molecule has 1 unspecified atom stereocenters. The third kappa shape index (κ3) is 2.88. The first kappa shape index (κ1) is 14.5. The number of carbonyl (C=O) groups is 1. The largest absolute Gasteiger partial charge is 0.364 e. The molecule has 2 aliphatic rings. The van der Waals surface area contributed by atoms with E-state index < -0.39 is 0 Å². The molecular formula is C18H21N3O2. The molecular weight excluding hydrogens is 290 g/mol. The number of nitrogens with zero attached hydrogens (tertiary/aromatic N) is 3. The summed E-state index contributed by atoms with van der Waals surface area (Å²) in [7, 11) is 0. The lowest BCUT2D eigenvalue weighted by Crippen LogP contribution is -2.31. The Labute approximate surface area is 135 Å². The molecule has 0 aliphatic carbocycles. The molecule has 1 aromatic carbocycles. The standard InChI is InChI=1S/C18H21N3O2/c22-16-9-10-20(12-14-6-2-1-3-7-14)15-13-21(19-18(15)16)17-8-4-5-11-23-17/h1-3,6-7,13,17H,4-5,8-12H2. The highest BCUT2D eigenvalue weighted by molar-refractivity contribution is 6.01. The number of Topliss-reactive ketones (excluding diaryl/α,β-unsaturated/α-hetero) is 1. The predicted octanol–water partition coefficient (Wildman–Crippen LogP) is 3.18. The van der Waals surface area contributed by atoms with Gasteiger partial charge in [0.15, 0.2) is 11.5 Å². The predicted molar refractivity (Wildman–Crippen MR) is 87.5 cm³/mol. The van der Waals surface area contributed by atoms with Crippen LogP contribution in [-0.4, -0.2) is 28.7 Å². The van der Waals surface area contributed by atoms with Gasteiger partial charge in [0.1, 0.15) is 6.23 Å². The Hall–Kier alpha value is -2.14. The first-order valence-electron chi connectivity index (χ1n) is 8.34. The summed E-state index contributed by atoms with van der Waals surface area (Å²) in [6, 6.07) is 10.3. The molecule has 4 rings (SSSR count). The molecule has 1 saturated heterocycles. The Bertz CT molecular complexity index is 690. The van der Waals surface area contributed by atoms with Crippen LogP contribution < -0.4 is 4.90 Å². The normalized spacial score (nSPS) is 21.3. The zero-order chi connectivity index (χ0) is 15.6. The number of rotatable bonds is 3. The lowest BCUT2D eigenvalue weighted by molar-refractivity contribution is -0.0395. The summed E-state index contributed by atoms with van der Waals surface area (Å²) < 4.78 is 7.65. The van der Waals surface area contributed by atoms with Crippen LogP contribution in [0.5, 0.6) is 0 Å². The Morgan fingerprint density at radius 2 is 2.09 bits per heavy atom. The van der Waals surface area contributed by atoms with Crippen molar-refractivity contribution < 1.29 is 9.53 Å². The Kier molecular flexibility index (Phi) is 3.87. The van der Waals surface area contributed by atoms with E-state index in [1.807, 2.05) is 29.1 Å². The molecule has 0 radical (unpaired) electrons. The highest BCUT2D eigenvalue weighted by Gasteiger charge is 2.29. The summed E-state index contributed by atoms with van der Waals surface area (Å²) in [4.78, 5) is 14.5. The van der Waals surface area contributed by atoms with Crippen molar-refractivity contribution in [1.82, 2.24) is 9.78 Å². The number of carbonyl (C=O) groups excluding carboxylic acids is 1. The van der Waals surface area contributed by atoms with Crippen molar-refractivity contribution in [3.05, 3.63) is 47.8 Å². The van der Waals surface area contributed by atoms with Crippen molar-refractivity contribution in [2.45, 2.75) is 38.5 Å². The van der Waals surface area contributed by atoms with Crippen LogP contribution in [0.15, 0.2) is 36.5 Å². The van der Waals surface area contributed by atoms with E-state index in [0.29, 0.717) is 12.1 Å². The van der Waals surface area contributed by atoms with Gasteiger partial charge in [0.2, 0.25) is 0 Å². The van der Waals surface area contributed by atoms with Gasteiger partial charge >= 0.3 is 0 Å².